The van der Waals surface area contributed by atoms with Gasteiger partial charge in [0.05, 0.1) is 16.3 Å². The summed E-state index contributed by atoms with van der Waals surface area (Å²) >= 11 is 5.86. The predicted molar refractivity (Wildman–Crippen MR) is 105 cm³/mol. The van der Waals surface area contributed by atoms with Crippen molar-refractivity contribution in [2.45, 2.75) is 17.9 Å². The maximum Gasteiger partial charge on any atom is 0.307 e. The monoisotopic (exact) mass is 421 g/mol. The molecule has 0 atom stereocenters. The number of nitrogens with one attached hydrogen (secondary N) is 1. The predicted octanol–water partition coefficient (Wildman–Crippen LogP) is 4.04. The first-order valence-corrected chi connectivity index (χ1v) is 10.3. The second kappa shape index (κ2) is 8.68. The molecule has 0 aromatic heterocycles. The maximum atomic E-state index is 13.0. The zero-order valence-electron chi connectivity index (χ0n) is 14.7. The van der Waals surface area contributed by atoms with E-state index in [1.165, 1.54) is 18.2 Å². The fraction of sp³-hybridized carbons (Fsp3) is 0.150. The molecule has 0 bridgehead atoms. The van der Waals surface area contributed by atoms with Gasteiger partial charge in [-0.25, -0.2) is 17.5 Å². The third-order valence-electron chi connectivity index (χ3n) is 4.06. The van der Waals surface area contributed by atoms with E-state index in [0.29, 0.717) is 5.56 Å². The summed E-state index contributed by atoms with van der Waals surface area (Å²) in [6, 6.07) is 16.0. The molecule has 3 aromatic rings. The number of ether oxygens (including phenoxy) is 1. The summed E-state index contributed by atoms with van der Waals surface area (Å²) in [5.74, 6) is -1.08. The van der Waals surface area contributed by atoms with Crippen molar-refractivity contribution < 1.29 is 22.3 Å². The molecule has 0 aliphatic heterocycles. The average molecular weight is 422 g/mol. The van der Waals surface area contributed by atoms with Crippen molar-refractivity contribution in [3.8, 4) is 0 Å². The van der Waals surface area contributed by atoms with Crippen LogP contribution in [0, 0.1) is 5.82 Å². The summed E-state index contributed by atoms with van der Waals surface area (Å²) in [5, 5.41) is 1.90. The molecule has 146 valence electrons. The lowest BCUT2D eigenvalue weighted by Gasteiger charge is -2.09. The number of rotatable bonds is 7. The van der Waals surface area contributed by atoms with E-state index in [4.69, 9.17) is 16.3 Å². The highest BCUT2D eigenvalue weighted by Gasteiger charge is 2.15. The Kier molecular flexibility index (Phi) is 6.28. The molecule has 0 heterocycles. The van der Waals surface area contributed by atoms with Crippen LogP contribution in [-0.4, -0.2) is 20.9 Å². The summed E-state index contributed by atoms with van der Waals surface area (Å²) < 4.78 is 45.2. The quantitative estimate of drug-likeness (QED) is 0.584. The zero-order valence-corrected chi connectivity index (χ0v) is 16.3. The summed E-state index contributed by atoms with van der Waals surface area (Å²) in [5.41, 5.74) is 0.466. The van der Waals surface area contributed by atoms with Crippen molar-refractivity contribution in [2.75, 3.05) is 6.54 Å². The van der Waals surface area contributed by atoms with Crippen molar-refractivity contribution in [2.24, 2.45) is 0 Å². The molecular formula is C20H17ClFNO4S. The molecule has 0 radical (unpaired) electrons. The smallest absolute Gasteiger partial charge is 0.307 e. The van der Waals surface area contributed by atoms with Gasteiger partial charge in [0.25, 0.3) is 0 Å². The number of hydrogen-bond acceptors (Lipinski definition) is 4. The Hall–Kier alpha value is -2.48. The van der Waals surface area contributed by atoms with E-state index in [0.717, 1.165) is 16.8 Å². The van der Waals surface area contributed by atoms with Crippen LogP contribution >= 0.6 is 11.6 Å². The normalized spacial score (nSPS) is 11.5. The van der Waals surface area contributed by atoms with Gasteiger partial charge in [0.2, 0.25) is 10.0 Å². The van der Waals surface area contributed by atoms with E-state index >= 15 is 0 Å². The van der Waals surface area contributed by atoms with Crippen molar-refractivity contribution in [3.05, 3.63) is 77.1 Å². The lowest BCUT2D eigenvalue weighted by atomic mass is 10.1. The van der Waals surface area contributed by atoms with Crippen LogP contribution in [0.4, 0.5) is 4.39 Å². The fourth-order valence-electron chi connectivity index (χ4n) is 2.57. The van der Waals surface area contributed by atoms with E-state index in [-0.39, 0.29) is 29.5 Å². The van der Waals surface area contributed by atoms with E-state index in [2.05, 4.69) is 4.72 Å². The van der Waals surface area contributed by atoms with Gasteiger partial charge in [0.15, 0.2) is 0 Å². The van der Waals surface area contributed by atoms with Crippen LogP contribution in [0.1, 0.15) is 12.0 Å². The Morgan fingerprint density at radius 3 is 2.54 bits per heavy atom. The van der Waals surface area contributed by atoms with E-state index in [9.17, 15) is 17.6 Å². The minimum atomic E-state index is -3.75. The van der Waals surface area contributed by atoms with Crippen molar-refractivity contribution in [1.29, 1.82) is 0 Å². The Morgan fingerprint density at radius 1 is 1.04 bits per heavy atom. The molecule has 0 amide bonds. The Balaban J connectivity index is 1.53. The lowest BCUT2D eigenvalue weighted by molar-refractivity contribution is -0.144. The molecule has 1 N–H and O–H groups in total. The number of esters is 1. The second-order valence-corrected chi connectivity index (χ2v) is 8.23. The van der Waals surface area contributed by atoms with Crippen LogP contribution in [0.25, 0.3) is 10.8 Å². The van der Waals surface area contributed by atoms with Crippen LogP contribution in [0.2, 0.25) is 5.02 Å². The first kappa shape index (κ1) is 20.3. The number of fused-ring (bicyclic) bond motifs is 1. The van der Waals surface area contributed by atoms with Gasteiger partial charge in [0, 0.05) is 12.1 Å². The number of sulfonamides is 1. The highest BCUT2D eigenvalue weighted by atomic mass is 35.5. The van der Waals surface area contributed by atoms with Gasteiger partial charge in [-0.3, -0.25) is 4.79 Å². The summed E-state index contributed by atoms with van der Waals surface area (Å²) in [6.45, 7) is -0.222. The highest BCUT2D eigenvalue weighted by Crippen LogP contribution is 2.19. The molecule has 0 saturated heterocycles. The molecule has 28 heavy (non-hydrogen) atoms. The summed E-state index contributed by atoms with van der Waals surface area (Å²) in [6.07, 6.45) is -0.147. The van der Waals surface area contributed by atoms with Crippen LogP contribution in [0.3, 0.4) is 0 Å². The van der Waals surface area contributed by atoms with Gasteiger partial charge in [-0.1, -0.05) is 48.0 Å². The Morgan fingerprint density at radius 2 is 1.79 bits per heavy atom. The standard InChI is InChI=1S/C20H17ClFNO4S/c21-19-12-17(22)7-5-16(19)13-27-20(24)9-10-23-28(25,26)18-8-6-14-3-1-2-4-15(14)11-18/h1-8,11-12,23H,9-10,13H2. The summed E-state index contributed by atoms with van der Waals surface area (Å²) in [7, 11) is -3.75. The summed E-state index contributed by atoms with van der Waals surface area (Å²) in [4.78, 5) is 11.9. The number of hydrogen-bond donors (Lipinski definition) is 1. The minimum Gasteiger partial charge on any atom is -0.461 e. The van der Waals surface area contributed by atoms with Gasteiger partial charge in [-0.15, -0.1) is 0 Å². The van der Waals surface area contributed by atoms with Crippen LogP contribution < -0.4 is 4.72 Å². The first-order chi connectivity index (χ1) is 13.3. The van der Waals surface area contributed by atoms with Gasteiger partial charge >= 0.3 is 5.97 Å². The topological polar surface area (TPSA) is 72.5 Å². The number of halogens is 2. The molecule has 0 saturated carbocycles. The van der Waals surface area contributed by atoms with Gasteiger partial charge in [0.1, 0.15) is 12.4 Å². The average Bonchev–Trinajstić information content (AvgIpc) is 2.67. The van der Waals surface area contributed by atoms with Gasteiger partial charge < -0.3 is 4.74 Å². The van der Waals surface area contributed by atoms with Crippen LogP contribution in [0.15, 0.2) is 65.6 Å². The van der Waals surface area contributed by atoms with E-state index in [1.54, 1.807) is 12.1 Å². The molecule has 0 spiro atoms. The molecule has 3 rings (SSSR count). The SMILES string of the molecule is O=C(CCNS(=O)(=O)c1ccc2ccccc2c1)OCc1ccc(F)cc1Cl. The molecule has 5 nitrogen and oxygen atoms in total. The molecular weight excluding hydrogens is 405 g/mol. The number of benzene rings is 3. The third-order valence-corrected chi connectivity index (χ3v) is 5.87. The van der Waals surface area contributed by atoms with Crippen LogP contribution in [0.5, 0.6) is 0 Å². The van der Waals surface area contributed by atoms with Gasteiger partial charge in [-0.2, -0.15) is 0 Å². The third kappa shape index (κ3) is 5.07. The van der Waals surface area contributed by atoms with Crippen molar-refractivity contribution >= 4 is 38.4 Å². The van der Waals surface area contributed by atoms with Crippen molar-refractivity contribution in [1.82, 2.24) is 4.72 Å². The molecule has 3 aromatic carbocycles. The fourth-order valence-corrected chi connectivity index (χ4v) is 3.86. The molecule has 0 aliphatic carbocycles. The number of carbonyl (C=O) groups is 1. The van der Waals surface area contributed by atoms with Gasteiger partial charge in [-0.05, 0) is 35.0 Å². The molecule has 0 unspecified atom stereocenters. The lowest BCUT2D eigenvalue weighted by Crippen LogP contribution is -2.26. The van der Waals surface area contributed by atoms with Crippen molar-refractivity contribution in [3.63, 3.8) is 0 Å². The molecule has 0 aliphatic rings. The van der Waals surface area contributed by atoms with Crippen LogP contribution in [-0.2, 0) is 26.2 Å². The largest absolute Gasteiger partial charge is 0.461 e. The Labute approximate surface area is 167 Å². The Bertz CT molecular complexity index is 1120. The zero-order chi connectivity index (χ0) is 20.1. The second-order valence-electron chi connectivity index (χ2n) is 6.05. The molecule has 0 fully saturated rings. The molecule has 8 heteroatoms. The highest BCUT2D eigenvalue weighted by molar-refractivity contribution is 7.89. The van der Waals surface area contributed by atoms with E-state index in [1.807, 2.05) is 24.3 Å². The minimum absolute atomic E-state index is 0.106. The first-order valence-electron chi connectivity index (χ1n) is 8.43. The maximum absolute atomic E-state index is 13.0. The van der Waals surface area contributed by atoms with E-state index < -0.39 is 21.8 Å². The number of carbonyl (C=O) groups excluding carboxylic acids is 1.